The van der Waals surface area contributed by atoms with Gasteiger partial charge in [0.15, 0.2) is 0 Å². The molecule has 88 valence electrons. The monoisotopic (exact) mass is 237 g/mol. The maximum atomic E-state index is 11.3. The van der Waals surface area contributed by atoms with Gasteiger partial charge in [0, 0.05) is 6.07 Å². The molecule has 2 rings (SSSR count). The molecule has 0 amide bonds. The Morgan fingerprint density at radius 2 is 2.18 bits per heavy atom. The summed E-state index contributed by atoms with van der Waals surface area (Å²) in [4.78, 5) is 20.9. The number of nitro groups is 1. The summed E-state index contributed by atoms with van der Waals surface area (Å²) in [6.45, 7) is 0. The van der Waals surface area contributed by atoms with Gasteiger partial charge in [-0.25, -0.2) is 4.79 Å². The average Bonchev–Trinajstić information content (AvgIpc) is 2.27. The first-order valence-corrected chi connectivity index (χ1v) is 4.53. The molecule has 0 saturated heterocycles. The van der Waals surface area contributed by atoms with E-state index in [4.69, 9.17) is 9.15 Å². The van der Waals surface area contributed by atoms with Gasteiger partial charge in [-0.3, -0.25) is 10.1 Å². The standard InChI is InChI=1S/C10H7NO6/c1-16-5-2-3-6-7(4-5)17-10(13)8(9(6)12)11(14)15/h2-4,12H,1H3. The first-order valence-electron chi connectivity index (χ1n) is 4.53. The summed E-state index contributed by atoms with van der Waals surface area (Å²) < 4.78 is 9.64. The first kappa shape index (κ1) is 10.9. The Morgan fingerprint density at radius 1 is 1.47 bits per heavy atom. The summed E-state index contributed by atoms with van der Waals surface area (Å²) in [6, 6.07) is 4.23. The highest BCUT2D eigenvalue weighted by atomic mass is 16.6. The van der Waals surface area contributed by atoms with Crippen LogP contribution in [0.4, 0.5) is 5.69 Å². The van der Waals surface area contributed by atoms with Crippen molar-refractivity contribution in [2.24, 2.45) is 0 Å². The Bertz CT molecular complexity index is 660. The number of benzene rings is 1. The zero-order valence-corrected chi connectivity index (χ0v) is 8.67. The Balaban J connectivity index is 2.86. The molecule has 1 heterocycles. The van der Waals surface area contributed by atoms with Crippen LogP contribution in [0.2, 0.25) is 0 Å². The van der Waals surface area contributed by atoms with Gasteiger partial charge in [-0.05, 0) is 12.1 Å². The van der Waals surface area contributed by atoms with Gasteiger partial charge in [-0.1, -0.05) is 0 Å². The molecule has 7 nitrogen and oxygen atoms in total. The van der Waals surface area contributed by atoms with Crippen LogP contribution in [0.1, 0.15) is 0 Å². The van der Waals surface area contributed by atoms with E-state index in [1.165, 1.54) is 25.3 Å². The number of fused-ring (bicyclic) bond motifs is 1. The highest BCUT2D eigenvalue weighted by Crippen LogP contribution is 2.32. The quantitative estimate of drug-likeness (QED) is 0.481. The molecule has 0 atom stereocenters. The van der Waals surface area contributed by atoms with Crippen LogP contribution in [-0.2, 0) is 0 Å². The fraction of sp³-hybridized carbons (Fsp3) is 0.100. The molecular formula is C10H7NO6. The summed E-state index contributed by atoms with van der Waals surface area (Å²) in [6.07, 6.45) is 0. The number of rotatable bonds is 2. The molecule has 0 aliphatic heterocycles. The van der Waals surface area contributed by atoms with Crippen LogP contribution in [0.3, 0.4) is 0 Å². The number of nitrogens with zero attached hydrogens (tertiary/aromatic N) is 1. The second-order valence-corrected chi connectivity index (χ2v) is 3.21. The lowest BCUT2D eigenvalue weighted by molar-refractivity contribution is -0.388. The van der Waals surface area contributed by atoms with E-state index >= 15 is 0 Å². The van der Waals surface area contributed by atoms with Gasteiger partial charge < -0.3 is 14.3 Å². The van der Waals surface area contributed by atoms with Crippen molar-refractivity contribution in [2.45, 2.75) is 0 Å². The van der Waals surface area contributed by atoms with Crippen LogP contribution < -0.4 is 10.4 Å². The topological polar surface area (TPSA) is 103 Å². The van der Waals surface area contributed by atoms with Crippen LogP contribution >= 0.6 is 0 Å². The van der Waals surface area contributed by atoms with Crippen molar-refractivity contribution >= 4 is 16.7 Å². The lowest BCUT2D eigenvalue weighted by atomic mass is 10.2. The van der Waals surface area contributed by atoms with Crippen molar-refractivity contribution in [1.82, 2.24) is 0 Å². The van der Waals surface area contributed by atoms with Gasteiger partial charge in [-0.2, -0.15) is 0 Å². The number of methoxy groups -OCH3 is 1. The van der Waals surface area contributed by atoms with Gasteiger partial charge in [-0.15, -0.1) is 0 Å². The summed E-state index contributed by atoms with van der Waals surface area (Å²) in [5, 5.41) is 20.3. The predicted octanol–water partition coefficient (Wildman–Crippen LogP) is 1.42. The fourth-order valence-corrected chi connectivity index (χ4v) is 1.44. The number of aromatic hydroxyl groups is 1. The van der Waals surface area contributed by atoms with Crippen molar-refractivity contribution in [3.05, 3.63) is 38.7 Å². The van der Waals surface area contributed by atoms with E-state index in [9.17, 15) is 20.0 Å². The van der Waals surface area contributed by atoms with Crippen LogP contribution in [0, 0.1) is 10.1 Å². The van der Waals surface area contributed by atoms with Gasteiger partial charge in [0.25, 0.3) is 0 Å². The van der Waals surface area contributed by atoms with E-state index in [1.54, 1.807) is 0 Å². The third-order valence-electron chi connectivity index (χ3n) is 2.25. The molecule has 0 fully saturated rings. The van der Waals surface area contributed by atoms with Crippen molar-refractivity contribution < 1.29 is 19.2 Å². The van der Waals surface area contributed by atoms with Crippen molar-refractivity contribution in [2.75, 3.05) is 7.11 Å². The van der Waals surface area contributed by atoms with Gasteiger partial charge in [0.05, 0.1) is 17.4 Å². The predicted molar refractivity (Wildman–Crippen MR) is 57.4 cm³/mol. The minimum Gasteiger partial charge on any atom is -0.501 e. The van der Waals surface area contributed by atoms with Gasteiger partial charge >= 0.3 is 11.3 Å². The number of hydrogen-bond acceptors (Lipinski definition) is 6. The van der Waals surface area contributed by atoms with Crippen LogP contribution in [0.25, 0.3) is 11.0 Å². The maximum Gasteiger partial charge on any atom is 0.419 e. The molecule has 1 aromatic carbocycles. The average molecular weight is 237 g/mol. The molecule has 1 aromatic heterocycles. The summed E-state index contributed by atoms with van der Waals surface area (Å²) >= 11 is 0. The summed E-state index contributed by atoms with van der Waals surface area (Å²) in [5.74, 6) is -0.294. The number of hydrogen-bond donors (Lipinski definition) is 1. The Kier molecular flexibility index (Phi) is 2.43. The second kappa shape index (κ2) is 3.78. The molecule has 0 spiro atoms. The normalized spacial score (nSPS) is 10.4. The third-order valence-corrected chi connectivity index (χ3v) is 2.25. The van der Waals surface area contributed by atoms with Gasteiger partial charge in [0.2, 0.25) is 5.75 Å². The second-order valence-electron chi connectivity index (χ2n) is 3.21. The fourth-order valence-electron chi connectivity index (χ4n) is 1.44. The van der Waals surface area contributed by atoms with Crippen molar-refractivity contribution in [1.29, 1.82) is 0 Å². The van der Waals surface area contributed by atoms with Crippen LogP contribution in [-0.4, -0.2) is 17.1 Å². The molecule has 0 unspecified atom stereocenters. The zero-order valence-electron chi connectivity index (χ0n) is 8.67. The van der Waals surface area contributed by atoms with Gasteiger partial charge in [0.1, 0.15) is 11.3 Å². The third kappa shape index (κ3) is 1.67. The molecule has 7 heteroatoms. The minimum atomic E-state index is -1.20. The molecule has 2 aromatic rings. The van der Waals surface area contributed by atoms with E-state index in [1.807, 2.05) is 0 Å². The molecule has 17 heavy (non-hydrogen) atoms. The van der Waals surface area contributed by atoms with E-state index in [0.29, 0.717) is 5.75 Å². The molecular weight excluding hydrogens is 230 g/mol. The molecule has 0 aliphatic rings. The Hall–Kier alpha value is -2.57. The number of ether oxygens (including phenoxy) is 1. The lowest BCUT2D eigenvalue weighted by Crippen LogP contribution is -2.06. The van der Waals surface area contributed by atoms with Crippen molar-refractivity contribution in [3.63, 3.8) is 0 Å². The molecule has 0 saturated carbocycles. The Labute approximate surface area is 94.0 Å². The van der Waals surface area contributed by atoms with Crippen LogP contribution in [0.5, 0.6) is 11.5 Å². The van der Waals surface area contributed by atoms with E-state index in [-0.39, 0.29) is 11.0 Å². The SMILES string of the molecule is COc1ccc2c(O)c([N+](=O)[O-])c(=O)oc2c1. The molecule has 1 N–H and O–H groups in total. The zero-order chi connectivity index (χ0) is 12.6. The molecule has 0 radical (unpaired) electrons. The summed E-state index contributed by atoms with van der Waals surface area (Å²) in [7, 11) is 1.42. The van der Waals surface area contributed by atoms with Crippen LogP contribution in [0.15, 0.2) is 27.4 Å². The van der Waals surface area contributed by atoms with Crippen molar-refractivity contribution in [3.8, 4) is 11.5 Å². The smallest absolute Gasteiger partial charge is 0.419 e. The maximum absolute atomic E-state index is 11.3. The highest BCUT2D eigenvalue weighted by molar-refractivity contribution is 5.87. The summed E-state index contributed by atoms with van der Waals surface area (Å²) in [5.41, 5.74) is -2.15. The highest BCUT2D eigenvalue weighted by Gasteiger charge is 2.24. The van der Waals surface area contributed by atoms with E-state index < -0.39 is 22.0 Å². The Morgan fingerprint density at radius 3 is 2.76 bits per heavy atom. The molecule has 0 bridgehead atoms. The largest absolute Gasteiger partial charge is 0.501 e. The molecule has 0 aliphatic carbocycles. The first-order chi connectivity index (χ1) is 8.04. The minimum absolute atomic E-state index is 0.0254. The lowest BCUT2D eigenvalue weighted by Gasteiger charge is -2.02. The van der Waals surface area contributed by atoms with E-state index in [2.05, 4.69) is 0 Å². The van der Waals surface area contributed by atoms with E-state index in [0.717, 1.165) is 0 Å².